The van der Waals surface area contributed by atoms with E-state index in [1.165, 1.54) is 6.07 Å². The van der Waals surface area contributed by atoms with Crippen LogP contribution in [0.2, 0.25) is 0 Å². The minimum absolute atomic E-state index is 0.137. The third kappa shape index (κ3) is 5.19. The van der Waals surface area contributed by atoms with Crippen LogP contribution >= 0.6 is 0 Å². The largest absolute Gasteiger partial charge is 0.416 e. The molecule has 0 saturated carbocycles. The standard InChI is InChI=1S/C23H26F3N3O2/c24-23(25,26)18-8-9-21(28-11-13-31-14-12-28)19(15-18)27-22(30)16-29-10-4-7-20(29)17-5-2-1-3-6-17/h1-3,5-6,8-9,15,20H,4,7,10-14,16H2,(H,27,30)/t20-/m0/s1. The Morgan fingerprint density at radius 1 is 1.06 bits per heavy atom. The number of nitrogens with one attached hydrogen (secondary N) is 1. The van der Waals surface area contributed by atoms with Crippen molar-refractivity contribution >= 4 is 17.3 Å². The lowest BCUT2D eigenvalue weighted by Gasteiger charge is -2.31. The molecule has 1 N–H and O–H groups in total. The van der Waals surface area contributed by atoms with E-state index in [1.807, 2.05) is 35.2 Å². The first-order valence-corrected chi connectivity index (χ1v) is 10.5. The summed E-state index contributed by atoms with van der Waals surface area (Å²) in [4.78, 5) is 16.9. The van der Waals surface area contributed by atoms with Gasteiger partial charge < -0.3 is 15.0 Å². The Hall–Kier alpha value is -2.58. The number of amides is 1. The Kier molecular flexibility index (Phi) is 6.48. The Morgan fingerprint density at radius 3 is 2.52 bits per heavy atom. The average Bonchev–Trinajstić information content (AvgIpc) is 3.22. The smallest absolute Gasteiger partial charge is 0.378 e. The van der Waals surface area contributed by atoms with Gasteiger partial charge in [-0.15, -0.1) is 0 Å². The summed E-state index contributed by atoms with van der Waals surface area (Å²) >= 11 is 0. The predicted octanol–water partition coefficient (Wildman–Crippen LogP) is 4.32. The third-order valence-electron chi connectivity index (χ3n) is 5.84. The molecule has 1 atom stereocenters. The number of hydrogen-bond donors (Lipinski definition) is 1. The van der Waals surface area contributed by atoms with E-state index in [-0.39, 0.29) is 24.2 Å². The van der Waals surface area contributed by atoms with Crippen molar-refractivity contribution in [3.8, 4) is 0 Å². The molecule has 2 fully saturated rings. The molecule has 2 heterocycles. The fourth-order valence-corrected chi connectivity index (χ4v) is 4.33. The molecule has 31 heavy (non-hydrogen) atoms. The molecule has 0 spiro atoms. The van der Waals surface area contributed by atoms with Crippen LogP contribution in [0.4, 0.5) is 24.5 Å². The van der Waals surface area contributed by atoms with Gasteiger partial charge >= 0.3 is 6.18 Å². The SMILES string of the molecule is O=C(CN1CCC[C@H]1c1ccccc1)Nc1cc(C(F)(F)F)ccc1N1CCOCC1. The Labute approximate surface area is 179 Å². The van der Waals surface area contributed by atoms with Gasteiger partial charge in [0.05, 0.1) is 36.7 Å². The Bertz CT molecular complexity index is 899. The molecule has 166 valence electrons. The second-order valence-corrected chi connectivity index (χ2v) is 7.92. The number of morpholine rings is 1. The third-order valence-corrected chi connectivity index (χ3v) is 5.84. The lowest BCUT2D eigenvalue weighted by molar-refractivity contribution is -0.137. The zero-order valence-electron chi connectivity index (χ0n) is 17.2. The summed E-state index contributed by atoms with van der Waals surface area (Å²) in [6.45, 7) is 3.05. The van der Waals surface area contributed by atoms with E-state index < -0.39 is 11.7 Å². The van der Waals surface area contributed by atoms with Gasteiger partial charge in [0.25, 0.3) is 0 Å². The fourth-order valence-electron chi connectivity index (χ4n) is 4.33. The molecule has 4 rings (SSSR count). The Morgan fingerprint density at radius 2 is 1.81 bits per heavy atom. The van der Waals surface area contributed by atoms with Crippen molar-refractivity contribution in [3.63, 3.8) is 0 Å². The highest BCUT2D eigenvalue weighted by atomic mass is 19.4. The van der Waals surface area contributed by atoms with Crippen LogP contribution in [0, 0.1) is 0 Å². The second-order valence-electron chi connectivity index (χ2n) is 7.92. The molecule has 0 unspecified atom stereocenters. The van der Waals surface area contributed by atoms with Gasteiger partial charge in [-0.05, 0) is 43.1 Å². The average molecular weight is 433 g/mol. The summed E-state index contributed by atoms with van der Waals surface area (Å²) in [5, 5.41) is 2.76. The second kappa shape index (κ2) is 9.28. The maximum atomic E-state index is 13.3. The number of ether oxygens (including phenoxy) is 1. The number of nitrogens with zero attached hydrogens (tertiary/aromatic N) is 2. The Balaban J connectivity index is 1.52. The summed E-state index contributed by atoms with van der Waals surface area (Å²) in [5.41, 5.74) is 1.16. The molecule has 0 aliphatic carbocycles. The molecule has 2 aromatic carbocycles. The summed E-state index contributed by atoms with van der Waals surface area (Å²) in [5.74, 6) is -0.309. The number of anilines is 2. The number of carbonyl (C=O) groups excluding carboxylic acids is 1. The number of halogens is 3. The van der Waals surface area contributed by atoms with Gasteiger partial charge in [-0.25, -0.2) is 0 Å². The van der Waals surface area contributed by atoms with Gasteiger partial charge in [0.2, 0.25) is 5.91 Å². The molecule has 2 saturated heterocycles. The van der Waals surface area contributed by atoms with E-state index in [9.17, 15) is 18.0 Å². The molecule has 2 aliphatic heterocycles. The van der Waals surface area contributed by atoms with Gasteiger partial charge in [0, 0.05) is 19.1 Å². The molecule has 8 heteroatoms. The number of benzene rings is 2. The topological polar surface area (TPSA) is 44.8 Å². The highest BCUT2D eigenvalue weighted by molar-refractivity contribution is 5.96. The molecule has 2 aromatic rings. The molecule has 0 radical (unpaired) electrons. The normalized spacial score (nSPS) is 20.1. The minimum atomic E-state index is -4.48. The van der Waals surface area contributed by atoms with Gasteiger partial charge in [-0.2, -0.15) is 13.2 Å². The monoisotopic (exact) mass is 433 g/mol. The minimum Gasteiger partial charge on any atom is -0.378 e. The van der Waals surface area contributed by atoms with E-state index in [4.69, 9.17) is 4.74 Å². The molecule has 0 aromatic heterocycles. The van der Waals surface area contributed by atoms with E-state index in [0.717, 1.165) is 37.1 Å². The number of hydrogen-bond acceptors (Lipinski definition) is 4. The van der Waals surface area contributed by atoms with E-state index in [1.54, 1.807) is 0 Å². The van der Waals surface area contributed by atoms with Crippen LogP contribution in [0.1, 0.15) is 30.0 Å². The van der Waals surface area contributed by atoms with Crippen LogP contribution in [-0.2, 0) is 15.7 Å². The number of rotatable bonds is 5. The van der Waals surface area contributed by atoms with Crippen molar-refractivity contribution in [1.82, 2.24) is 4.90 Å². The van der Waals surface area contributed by atoms with Crippen molar-refractivity contribution in [2.75, 3.05) is 49.6 Å². The van der Waals surface area contributed by atoms with Crippen LogP contribution in [0.15, 0.2) is 48.5 Å². The maximum absolute atomic E-state index is 13.3. The predicted molar refractivity (Wildman–Crippen MR) is 113 cm³/mol. The van der Waals surface area contributed by atoms with Crippen LogP contribution in [0.3, 0.4) is 0 Å². The molecular formula is C23H26F3N3O2. The van der Waals surface area contributed by atoms with E-state index in [2.05, 4.69) is 10.2 Å². The summed E-state index contributed by atoms with van der Waals surface area (Å²) in [7, 11) is 0. The van der Waals surface area contributed by atoms with Crippen LogP contribution in [-0.4, -0.2) is 50.2 Å². The molecule has 5 nitrogen and oxygen atoms in total. The molecule has 2 aliphatic rings. The van der Waals surface area contributed by atoms with Crippen molar-refractivity contribution in [2.24, 2.45) is 0 Å². The van der Waals surface area contributed by atoms with Gasteiger partial charge in [-0.3, -0.25) is 9.69 Å². The quantitative estimate of drug-likeness (QED) is 0.763. The van der Waals surface area contributed by atoms with E-state index in [0.29, 0.717) is 32.0 Å². The number of carbonyl (C=O) groups is 1. The van der Waals surface area contributed by atoms with Crippen LogP contribution < -0.4 is 10.2 Å². The van der Waals surface area contributed by atoms with Crippen LogP contribution in [0.25, 0.3) is 0 Å². The summed E-state index contributed by atoms with van der Waals surface area (Å²) in [6.07, 6.45) is -2.54. The lowest BCUT2D eigenvalue weighted by atomic mass is 10.0. The summed E-state index contributed by atoms with van der Waals surface area (Å²) in [6, 6.07) is 13.7. The molecule has 1 amide bonds. The first kappa shape index (κ1) is 21.6. The maximum Gasteiger partial charge on any atom is 0.416 e. The molecule has 0 bridgehead atoms. The first-order valence-electron chi connectivity index (χ1n) is 10.5. The van der Waals surface area contributed by atoms with E-state index >= 15 is 0 Å². The van der Waals surface area contributed by atoms with Gasteiger partial charge in [0.1, 0.15) is 0 Å². The highest BCUT2D eigenvalue weighted by Crippen LogP contribution is 2.36. The summed E-state index contributed by atoms with van der Waals surface area (Å²) < 4.78 is 45.2. The van der Waals surface area contributed by atoms with Gasteiger partial charge in [0.15, 0.2) is 0 Å². The van der Waals surface area contributed by atoms with Crippen molar-refractivity contribution in [2.45, 2.75) is 25.1 Å². The van der Waals surface area contributed by atoms with Crippen LogP contribution in [0.5, 0.6) is 0 Å². The number of likely N-dealkylation sites (tertiary alicyclic amines) is 1. The lowest BCUT2D eigenvalue weighted by Crippen LogP contribution is -2.37. The first-order chi connectivity index (χ1) is 14.9. The van der Waals surface area contributed by atoms with Crippen molar-refractivity contribution in [1.29, 1.82) is 0 Å². The molecular weight excluding hydrogens is 407 g/mol. The fraction of sp³-hybridized carbons (Fsp3) is 0.435. The zero-order valence-corrected chi connectivity index (χ0v) is 17.2. The number of alkyl halides is 3. The van der Waals surface area contributed by atoms with Crippen molar-refractivity contribution in [3.05, 3.63) is 59.7 Å². The highest BCUT2D eigenvalue weighted by Gasteiger charge is 2.32. The zero-order chi connectivity index (χ0) is 21.8. The van der Waals surface area contributed by atoms with Crippen molar-refractivity contribution < 1.29 is 22.7 Å². The van der Waals surface area contributed by atoms with Gasteiger partial charge in [-0.1, -0.05) is 30.3 Å².